The third kappa shape index (κ3) is 5.69. The van der Waals surface area contributed by atoms with Crippen LogP contribution in [0.1, 0.15) is 48.8 Å². The number of pyridine rings is 1. The van der Waals surface area contributed by atoms with Gasteiger partial charge in [0, 0.05) is 50.2 Å². The molecule has 13 heteroatoms. The van der Waals surface area contributed by atoms with E-state index in [2.05, 4.69) is 14.8 Å². The number of fused-ring (bicyclic) bond motifs is 2. The molecule has 1 aromatic carbocycles. The number of aryl methyl sites for hydroxylation is 2. The van der Waals surface area contributed by atoms with E-state index in [0.717, 1.165) is 32.2 Å². The van der Waals surface area contributed by atoms with Crippen molar-refractivity contribution in [2.75, 3.05) is 56.6 Å². The van der Waals surface area contributed by atoms with Crippen molar-refractivity contribution in [3.05, 3.63) is 33.8 Å². The first kappa shape index (κ1) is 30.1. The zero-order chi connectivity index (χ0) is 30.5. The van der Waals surface area contributed by atoms with Gasteiger partial charge in [-0.1, -0.05) is 11.6 Å². The molecule has 5 heterocycles. The second kappa shape index (κ2) is 11.5. The summed E-state index contributed by atoms with van der Waals surface area (Å²) in [5.41, 5.74) is 5.13. The van der Waals surface area contributed by atoms with Crippen LogP contribution in [0.3, 0.4) is 0 Å². The van der Waals surface area contributed by atoms with Crippen molar-refractivity contribution in [2.24, 2.45) is 0 Å². The number of halogens is 5. The van der Waals surface area contributed by atoms with Crippen molar-refractivity contribution in [3.8, 4) is 17.3 Å². The van der Waals surface area contributed by atoms with Crippen LogP contribution in [0.15, 0.2) is 12.1 Å². The van der Waals surface area contributed by atoms with Crippen LogP contribution < -0.4 is 15.4 Å². The Morgan fingerprint density at radius 1 is 1.09 bits per heavy atom. The smallest absolute Gasteiger partial charge is 0.418 e. The first-order valence-corrected chi connectivity index (χ1v) is 15.0. The number of aromatic nitrogens is 3. The van der Waals surface area contributed by atoms with Gasteiger partial charge in [-0.15, -0.1) is 0 Å². The van der Waals surface area contributed by atoms with Crippen LogP contribution in [-0.2, 0) is 10.9 Å². The molecule has 0 bridgehead atoms. The van der Waals surface area contributed by atoms with Gasteiger partial charge in [-0.25, -0.2) is 9.37 Å². The largest absolute Gasteiger partial charge is 0.461 e. The van der Waals surface area contributed by atoms with Crippen LogP contribution in [-0.4, -0.2) is 77.6 Å². The fraction of sp³-hybridized carbons (Fsp3) is 0.567. The summed E-state index contributed by atoms with van der Waals surface area (Å²) in [6.07, 6.45) is -1.90. The van der Waals surface area contributed by atoms with Gasteiger partial charge in [0.15, 0.2) is 0 Å². The molecule has 3 saturated heterocycles. The molecule has 2 N–H and O–H groups in total. The summed E-state index contributed by atoms with van der Waals surface area (Å²) in [6, 6.07) is 2.90. The highest BCUT2D eigenvalue weighted by Gasteiger charge is 2.49. The van der Waals surface area contributed by atoms with Gasteiger partial charge in [-0.05, 0) is 69.3 Å². The minimum Gasteiger partial charge on any atom is -0.461 e. The quantitative estimate of drug-likeness (QED) is 0.340. The predicted molar refractivity (Wildman–Crippen MR) is 157 cm³/mol. The number of nitrogens with zero attached hydrogens (tertiary/aromatic N) is 5. The lowest BCUT2D eigenvalue weighted by Gasteiger charge is -2.31. The molecular weight excluding hydrogens is 588 g/mol. The van der Waals surface area contributed by atoms with Crippen molar-refractivity contribution >= 4 is 34.1 Å². The Morgan fingerprint density at radius 3 is 2.56 bits per heavy atom. The molecule has 0 aliphatic carbocycles. The van der Waals surface area contributed by atoms with E-state index in [1.807, 2.05) is 0 Å². The molecule has 6 rings (SSSR count). The number of alkyl halides is 4. The van der Waals surface area contributed by atoms with Gasteiger partial charge in [-0.2, -0.15) is 23.1 Å². The zero-order valence-electron chi connectivity index (χ0n) is 24.2. The van der Waals surface area contributed by atoms with Crippen molar-refractivity contribution < 1.29 is 27.0 Å². The summed E-state index contributed by atoms with van der Waals surface area (Å²) in [4.78, 5) is 17.9. The van der Waals surface area contributed by atoms with E-state index in [-0.39, 0.29) is 40.3 Å². The average molecular weight is 623 g/mol. The summed E-state index contributed by atoms with van der Waals surface area (Å²) < 4.78 is 69.2. The third-order valence-electron chi connectivity index (χ3n) is 8.87. The fourth-order valence-corrected chi connectivity index (χ4v) is 7.31. The molecule has 3 fully saturated rings. The lowest BCUT2D eigenvalue weighted by Crippen LogP contribution is -2.43. The summed E-state index contributed by atoms with van der Waals surface area (Å²) in [5.74, 6) is 0.538. The highest BCUT2D eigenvalue weighted by Crippen LogP contribution is 2.45. The highest BCUT2D eigenvalue weighted by molar-refractivity contribution is 6.34. The molecule has 0 saturated carbocycles. The average Bonchev–Trinajstić information content (AvgIpc) is 3.42. The standard InChI is InChI=1S/C30H35ClF4N6O2/c1-17-12-22(36)37-26(24(17)30(33,34)35)23-18(2)25-20(13-21(23)31)27(40-7-4-10-42-11-5-8-40)39-28(38-25)43-16-29-6-3-9-41(29)15-19(32)14-29/h12-13,19H,3-11,14-16H2,1-2H3,(H2,36,37)/t19-,29+/m1/s1. The second-order valence-corrected chi connectivity index (χ2v) is 12.2. The van der Waals surface area contributed by atoms with E-state index in [1.165, 1.54) is 13.0 Å². The van der Waals surface area contributed by atoms with Crippen LogP contribution in [0.25, 0.3) is 22.2 Å². The molecule has 3 aromatic rings. The lowest BCUT2D eigenvalue weighted by molar-refractivity contribution is -0.137. The summed E-state index contributed by atoms with van der Waals surface area (Å²) in [7, 11) is 0. The molecule has 43 heavy (non-hydrogen) atoms. The van der Waals surface area contributed by atoms with Gasteiger partial charge in [0.2, 0.25) is 0 Å². The zero-order valence-corrected chi connectivity index (χ0v) is 25.0. The van der Waals surface area contributed by atoms with Gasteiger partial charge in [0.1, 0.15) is 24.4 Å². The Bertz CT molecular complexity index is 1530. The highest BCUT2D eigenvalue weighted by atomic mass is 35.5. The first-order valence-electron chi connectivity index (χ1n) is 14.7. The number of rotatable bonds is 5. The third-order valence-corrected chi connectivity index (χ3v) is 9.16. The van der Waals surface area contributed by atoms with Gasteiger partial charge in [-0.3, -0.25) is 4.90 Å². The predicted octanol–water partition coefficient (Wildman–Crippen LogP) is 6.14. The van der Waals surface area contributed by atoms with Gasteiger partial charge >= 0.3 is 12.2 Å². The molecule has 8 nitrogen and oxygen atoms in total. The SMILES string of the molecule is Cc1cc(N)nc(-c2c(Cl)cc3c(N4CCCOCCC4)nc(OC[C@@]45CCCN4C[C@H](F)C5)nc3c2C)c1C(F)(F)F. The molecule has 0 spiro atoms. The van der Waals surface area contributed by atoms with Gasteiger partial charge < -0.3 is 20.1 Å². The van der Waals surface area contributed by atoms with Crippen LogP contribution in [0.5, 0.6) is 6.01 Å². The van der Waals surface area contributed by atoms with Crippen molar-refractivity contribution in [1.82, 2.24) is 19.9 Å². The number of nitrogen functional groups attached to an aromatic ring is 1. The number of anilines is 2. The van der Waals surface area contributed by atoms with Gasteiger partial charge in [0.25, 0.3) is 0 Å². The molecule has 0 amide bonds. The minimum atomic E-state index is -4.69. The number of hydrogen-bond acceptors (Lipinski definition) is 8. The Labute approximate surface area is 252 Å². The molecule has 2 atom stereocenters. The second-order valence-electron chi connectivity index (χ2n) is 11.8. The topological polar surface area (TPSA) is 89.6 Å². The van der Waals surface area contributed by atoms with Gasteiger partial charge in [0.05, 0.1) is 27.3 Å². The Morgan fingerprint density at radius 2 is 1.84 bits per heavy atom. The summed E-state index contributed by atoms with van der Waals surface area (Å²) in [5, 5.41) is 0.682. The van der Waals surface area contributed by atoms with E-state index in [0.29, 0.717) is 61.6 Å². The Balaban J connectivity index is 1.50. The Kier molecular flexibility index (Phi) is 8.06. The first-order chi connectivity index (χ1) is 20.5. The Hall–Kier alpha value is -2.96. The minimum absolute atomic E-state index is 0.0468. The number of ether oxygens (including phenoxy) is 2. The lowest BCUT2D eigenvalue weighted by atomic mass is 9.95. The molecule has 3 aliphatic heterocycles. The number of nitrogens with two attached hydrogens (primary N) is 1. The molecule has 0 radical (unpaired) electrons. The van der Waals surface area contributed by atoms with Crippen LogP contribution >= 0.6 is 11.6 Å². The number of hydrogen-bond donors (Lipinski definition) is 1. The summed E-state index contributed by atoms with van der Waals surface area (Å²) >= 11 is 6.79. The van der Waals surface area contributed by atoms with Crippen molar-refractivity contribution in [3.63, 3.8) is 0 Å². The van der Waals surface area contributed by atoms with Crippen LogP contribution in [0.4, 0.5) is 29.2 Å². The van der Waals surface area contributed by atoms with E-state index in [9.17, 15) is 17.6 Å². The van der Waals surface area contributed by atoms with Crippen LogP contribution in [0, 0.1) is 13.8 Å². The number of benzene rings is 1. The fourth-order valence-electron chi connectivity index (χ4n) is 6.97. The molecule has 232 valence electrons. The normalized spacial score (nSPS) is 23.4. The van der Waals surface area contributed by atoms with E-state index in [4.69, 9.17) is 36.8 Å². The van der Waals surface area contributed by atoms with Crippen molar-refractivity contribution in [1.29, 1.82) is 0 Å². The maximum Gasteiger partial charge on any atom is 0.418 e. The monoisotopic (exact) mass is 622 g/mol. The molecule has 2 aromatic heterocycles. The molecular formula is C30H35ClF4N6O2. The molecule has 3 aliphatic rings. The van der Waals surface area contributed by atoms with E-state index >= 15 is 0 Å². The molecule has 0 unspecified atom stereocenters. The van der Waals surface area contributed by atoms with Crippen molar-refractivity contribution in [2.45, 2.75) is 63.8 Å². The maximum absolute atomic E-state index is 14.4. The van der Waals surface area contributed by atoms with E-state index in [1.54, 1.807) is 13.0 Å². The van der Waals surface area contributed by atoms with E-state index < -0.39 is 23.5 Å². The maximum atomic E-state index is 14.4. The summed E-state index contributed by atoms with van der Waals surface area (Å²) in [6.45, 7) is 6.97. The van der Waals surface area contributed by atoms with Crippen LogP contribution in [0.2, 0.25) is 5.02 Å².